The van der Waals surface area contributed by atoms with E-state index in [2.05, 4.69) is 28.6 Å². The lowest BCUT2D eigenvalue weighted by Gasteiger charge is -2.26. The number of phenols is 1. The largest absolute Gasteiger partial charge is 0.508 e. The van der Waals surface area contributed by atoms with Gasteiger partial charge in [0, 0.05) is 12.2 Å². The van der Waals surface area contributed by atoms with E-state index in [-0.39, 0.29) is 17.9 Å². The van der Waals surface area contributed by atoms with Crippen molar-refractivity contribution in [3.05, 3.63) is 29.8 Å². The molecule has 5 unspecified atom stereocenters. The summed E-state index contributed by atoms with van der Waals surface area (Å²) in [7, 11) is 0. The van der Waals surface area contributed by atoms with Crippen LogP contribution in [0, 0.1) is 0 Å². The van der Waals surface area contributed by atoms with E-state index in [0.29, 0.717) is 5.56 Å². The predicted octanol–water partition coefficient (Wildman–Crippen LogP) is -2.90. The zero-order valence-electron chi connectivity index (χ0n) is 17.3. The van der Waals surface area contributed by atoms with Crippen LogP contribution in [0.3, 0.4) is 0 Å². The fraction of sp³-hybridized carbons (Fsp3) is 0.474. The Morgan fingerprint density at radius 3 is 2.03 bits per heavy atom. The molecule has 0 bridgehead atoms. The highest BCUT2D eigenvalue weighted by molar-refractivity contribution is 7.80. The highest BCUT2D eigenvalue weighted by Crippen LogP contribution is 2.12. The second kappa shape index (κ2) is 12.9. The lowest BCUT2D eigenvalue weighted by molar-refractivity contribution is -0.143. The molecule has 1 rings (SSSR count). The van der Waals surface area contributed by atoms with Crippen LogP contribution in [0.25, 0.3) is 0 Å². The molecular formula is C19H28N4O8S. The maximum atomic E-state index is 12.7. The summed E-state index contributed by atoms with van der Waals surface area (Å²) in [6.07, 6.45) is -1.47. The Labute approximate surface area is 189 Å². The number of carbonyl (C=O) groups excluding carboxylic acids is 3. The highest BCUT2D eigenvalue weighted by Gasteiger charge is 2.32. The standard InChI is InChI=1S/C19H28N4O8S/c1-9(25)15(23-16(27)12(20)8-32)18(29)21-13(6-10-2-4-11(26)5-3-10)17(28)22-14(7-24)19(30)31/h2-5,9,12-15,24-26,32H,6-8,20H2,1H3,(H,21,29)(H,22,28)(H,23,27)(H,30,31). The normalized spacial score (nSPS) is 15.5. The first-order valence-corrected chi connectivity index (χ1v) is 10.2. The van der Waals surface area contributed by atoms with Gasteiger partial charge in [0.2, 0.25) is 17.7 Å². The summed E-state index contributed by atoms with van der Waals surface area (Å²) in [5.74, 6) is -4.10. The monoisotopic (exact) mass is 472 g/mol. The van der Waals surface area contributed by atoms with Crippen molar-refractivity contribution in [2.24, 2.45) is 5.73 Å². The Morgan fingerprint density at radius 1 is 1.00 bits per heavy atom. The van der Waals surface area contributed by atoms with Crippen LogP contribution >= 0.6 is 12.6 Å². The van der Waals surface area contributed by atoms with Gasteiger partial charge in [0.15, 0.2) is 0 Å². The molecule has 12 nitrogen and oxygen atoms in total. The van der Waals surface area contributed by atoms with E-state index >= 15 is 0 Å². The van der Waals surface area contributed by atoms with Gasteiger partial charge in [-0.25, -0.2) is 4.79 Å². The Bertz CT molecular complexity index is 805. The van der Waals surface area contributed by atoms with Crippen molar-refractivity contribution < 1.29 is 39.6 Å². The average Bonchev–Trinajstić information content (AvgIpc) is 2.75. The van der Waals surface area contributed by atoms with Gasteiger partial charge in [-0.2, -0.15) is 12.6 Å². The van der Waals surface area contributed by atoms with Gasteiger partial charge in [-0.3, -0.25) is 14.4 Å². The lowest BCUT2D eigenvalue weighted by atomic mass is 10.0. The zero-order valence-corrected chi connectivity index (χ0v) is 18.2. The molecule has 3 amide bonds. The molecule has 0 aliphatic carbocycles. The molecule has 0 aliphatic heterocycles. The number of benzene rings is 1. The number of amides is 3. The second-order valence-electron chi connectivity index (χ2n) is 7.03. The van der Waals surface area contributed by atoms with Gasteiger partial charge in [0.05, 0.1) is 18.8 Å². The van der Waals surface area contributed by atoms with Crippen molar-refractivity contribution >= 4 is 36.3 Å². The molecule has 1 aromatic carbocycles. The SMILES string of the molecule is CC(O)C(NC(=O)C(N)CS)C(=O)NC(Cc1ccc(O)cc1)C(=O)NC(CO)C(=O)O. The Balaban J connectivity index is 3.08. The molecule has 5 atom stereocenters. The maximum Gasteiger partial charge on any atom is 0.328 e. The first kappa shape index (κ1) is 27.2. The molecule has 0 fully saturated rings. The van der Waals surface area contributed by atoms with Crippen LogP contribution in [0.4, 0.5) is 0 Å². The summed E-state index contributed by atoms with van der Waals surface area (Å²) >= 11 is 3.90. The fourth-order valence-electron chi connectivity index (χ4n) is 2.54. The number of hydrogen-bond donors (Lipinski definition) is 9. The summed E-state index contributed by atoms with van der Waals surface area (Å²) in [4.78, 5) is 48.6. The number of rotatable bonds is 12. The number of phenolic OH excluding ortho intramolecular Hbond substituents is 1. The highest BCUT2D eigenvalue weighted by atomic mass is 32.1. The van der Waals surface area contributed by atoms with Crippen molar-refractivity contribution in [3.8, 4) is 5.75 Å². The van der Waals surface area contributed by atoms with Gasteiger partial charge >= 0.3 is 5.97 Å². The molecule has 0 radical (unpaired) electrons. The van der Waals surface area contributed by atoms with Crippen LogP contribution in [0.15, 0.2) is 24.3 Å². The summed E-state index contributed by atoms with van der Waals surface area (Å²) < 4.78 is 0. The van der Waals surface area contributed by atoms with E-state index in [1.165, 1.54) is 31.2 Å². The molecule has 32 heavy (non-hydrogen) atoms. The van der Waals surface area contributed by atoms with Gasteiger partial charge in [0.1, 0.15) is 23.9 Å². The van der Waals surface area contributed by atoms with Crippen LogP contribution in [-0.2, 0) is 25.6 Å². The Hall–Kier alpha value is -2.87. The second-order valence-corrected chi connectivity index (χ2v) is 7.39. The number of carboxylic acid groups (broad SMARTS) is 1. The zero-order chi connectivity index (χ0) is 24.4. The van der Waals surface area contributed by atoms with E-state index in [0.717, 1.165) is 0 Å². The van der Waals surface area contributed by atoms with Crippen LogP contribution in [0.2, 0.25) is 0 Å². The molecule has 0 saturated heterocycles. The number of carbonyl (C=O) groups is 4. The first-order valence-electron chi connectivity index (χ1n) is 9.57. The minimum atomic E-state index is -1.61. The summed E-state index contributed by atoms with van der Waals surface area (Å²) in [6, 6.07) is 0.250. The fourth-order valence-corrected chi connectivity index (χ4v) is 2.71. The molecule has 0 heterocycles. The molecule has 0 aromatic heterocycles. The van der Waals surface area contributed by atoms with Crippen LogP contribution < -0.4 is 21.7 Å². The molecule has 0 saturated carbocycles. The number of aliphatic hydroxyl groups excluding tert-OH is 2. The third-order valence-electron chi connectivity index (χ3n) is 4.40. The Morgan fingerprint density at radius 2 is 1.56 bits per heavy atom. The number of thiol groups is 1. The molecule has 13 heteroatoms. The number of nitrogens with one attached hydrogen (secondary N) is 3. The number of nitrogens with two attached hydrogens (primary N) is 1. The average molecular weight is 473 g/mol. The molecule has 0 spiro atoms. The predicted molar refractivity (Wildman–Crippen MR) is 116 cm³/mol. The van der Waals surface area contributed by atoms with Crippen LogP contribution in [0.1, 0.15) is 12.5 Å². The van der Waals surface area contributed by atoms with Gasteiger partial charge in [-0.15, -0.1) is 0 Å². The molecule has 1 aromatic rings. The van der Waals surface area contributed by atoms with Gasteiger partial charge in [-0.05, 0) is 24.6 Å². The van der Waals surface area contributed by atoms with E-state index in [9.17, 15) is 29.4 Å². The van der Waals surface area contributed by atoms with Crippen LogP contribution in [-0.4, -0.2) is 86.7 Å². The number of aliphatic carboxylic acids is 1. The van der Waals surface area contributed by atoms with Crippen LogP contribution in [0.5, 0.6) is 5.75 Å². The van der Waals surface area contributed by atoms with Crippen molar-refractivity contribution in [2.75, 3.05) is 12.4 Å². The summed E-state index contributed by atoms with van der Waals surface area (Å²) in [5.41, 5.74) is 6.07. The molecular weight excluding hydrogens is 444 g/mol. The van der Waals surface area contributed by atoms with Crippen molar-refractivity contribution in [2.45, 2.75) is 43.6 Å². The minimum absolute atomic E-state index is 0.0103. The Kier molecular flexibility index (Phi) is 10.9. The smallest absolute Gasteiger partial charge is 0.328 e. The van der Waals surface area contributed by atoms with Crippen molar-refractivity contribution in [3.63, 3.8) is 0 Å². The maximum absolute atomic E-state index is 12.7. The van der Waals surface area contributed by atoms with E-state index in [1.807, 2.05) is 0 Å². The van der Waals surface area contributed by atoms with Gasteiger partial charge < -0.3 is 42.1 Å². The quantitative estimate of drug-likeness (QED) is 0.143. The van der Waals surface area contributed by atoms with Gasteiger partial charge in [0.25, 0.3) is 0 Å². The topological polar surface area (TPSA) is 211 Å². The molecule has 9 N–H and O–H groups in total. The van der Waals surface area contributed by atoms with Gasteiger partial charge in [-0.1, -0.05) is 12.1 Å². The van der Waals surface area contributed by atoms with E-state index < -0.39 is 60.6 Å². The number of aliphatic hydroxyl groups is 2. The molecule has 0 aliphatic rings. The van der Waals surface area contributed by atoms with Crippen molar-refractivity contribution in [1.29, 1.82) is 0 Å². The first-order chi connectivity index (χ1) is 15.0. The summed E-state index contributed by atoms with van der Waals surface area (Å²) in [5, 5.41) is 44.3. The summed E-state index contributed by atoms with van der Waals surface area (Å²) in [6.45, 7) is 0.368. The van der Waals surface area contributed by atoms with Crippen molar-refractivity contribution in [1.82, 2.24) is 16.0 Å². The lowest BCUT2D eigenvalue weighted by Crippen LogP contribution is -2.60. The van der Waals surface area contributed by atoms with E-state index in [1.54, 1.807) is 0 Å². The number of aromatic hydroxyl groups is 1. The minimum Gasteiger partial charge on any atom is -0.508 e. The number of carboxylic acids is 1. The third kappa shape index (κ3) is 8.34. The number of hydrogen-bond acceptors (Lipinski definition) is 9. The molecule has 178 valence electrons. The van der Waals surface area contributed by atoms with E-state index in [4.69, 9.17) is 15.9 Å². The third-order valence-corrected chi connectivity index (χ3v) is 4.80.